The molecule has 5 nitrogen and oxygen atoms in total. The Morgan fingerprint density at radius 3 is 2.35 bits per heavy atom. The molecule has 1 heterocycles. The highest BCUT2D eigenvalue weighted by Gasteiger charge is 2.14. The van der Waals surface area contributed by atoms with E-state index in [0.29, 0.717) is 16.6 Å². The van der Waals surface area contributed by atoms with Gasteiger partial charge in [-0.25, -0.2) is 4.79 Å². The average molecular weight is 352 g/mol. The molecule has 0 aliphatic heterocycles. The predicted molar refractivity (Wildman–Crippen MR) is 99.1 cm³/mol. The third-order valence-electron chi connectivity index (χ3n) is 4.75. The van der Waals surface area contributed by atoms with Gasteiger partial charge in [0, 0.05) is 11.8 Å². The molecule has 2 aromatic rings. The van der Waals surface area contributed by atoms with Crippen LogP contribution in [0.25, 0.3) is 0 Å². The molecule has 1 aliphatic carbocycles. The Kier molecular flexibility index (Phi) is 5.66. The van der Waals surface area contributed by atoms with E-state index in [2.05, 4.69) is 0 Å². The van der Waals surface area contributed by atoms with Gasteiger partial charge in [0.15, 0.2) is 0 Å². The number of ether oxygens (including phenoxy) is 1. The van der Waals surface area contributed by atoms with Crippen molar-refractivity contribution in [2.24, 2.45) is 4.99 Å². The van der Waals surface area contributed by atoms with Gasteiger partial charge in [-0.2, -0.15) is 0 Å². The van der Waals surface area contributed by atoms with E-state index < -0.39 is 5.97 Å². The monoisotopic (exact) mass is 352 g/mol. The lowest BCUT2D eigenvalue weighted by molar-refractivity contribution is 0.0600. The highest BCUT2D eigenvalue weighted by atomic mass is 16.5. The number of rotatable bonds is 3. The van der Waals surface area contributed by atoms with Crippen LogP contribution in [0.3, 0.4) is 0 Å². The van der Waals surface area contributed by atoms with Gasteiger partial charge in [0.2, 0.25) is 0 Å². The molecule has 0 radical (unpaired) electrons. The molecular formula is C21H24N2O3. The molecule has 0 unspecified atom stereocenters. The van der Waals surface area contributed by atoms with Gasteiger partial charge in [0.1, 0.15) is 5.49 Å². The fourth-order valence-corrected chi connectivity index (χ4v) is 3.26. The number of carbonyl (C=O) groups excluding carboxylic acids is 2. The second-order valence-corrected chi connectivity index (χ2v) is 6.73. The van der Waals surface area contributed by atoms with Crippen molar-refractivity contribution in [3.8, 4) is 0 Å². The van der Waals surface area contributed by atoms with Crippen LogP contribution >= 0.6 is 0 Å². The van der Waals surface area contributed by atoms with E-state index in [1.165, 1.54) is 26.4 Å². The van der Waals surface area contributed by atoms with Crippen molar-refractivity contribution in [3.05, 3.63) is 64.8 Å². The smallest absolute Gasteiger partial charge is 0.337 e. The van der Waals surface area contributed by atoms with Crippen LogP contribution in [0.4, 0.5) is 0 Å². The molecule has 1 aromatic carbocycles. The number of benzene rings is 1. The topological polar surface area (TPSA) is 60.7 Å². The van der Waals surface area contributed by atoms with Gasteiger partial charge in [-0.1, -0.05) is 19.3 Å². The maximum Gasteiger partial charge on any atom is 0.337 e. The Hall–Kier alpha value is -2.69. The van der Waals surface area contributed by atoms with Crippen LogP contribution in [0.1, 0.15) is 58.4 Å². The van der Waals surface area contributed by atoms with Gasteiger partial charge in [-0.3, -0.25) is 14.4 Å². The number of hydrogen-bond donors (Lipinski definition) is 0. The number of esters is 1. The van der Waals surface area contributed by atoms with E-state index in [4.69, 9.17) is 9.73 Å². The summed E-state index contributed by atoms with van der Waals surface area (Å²) in [6, 6.07) is 10.6. The van der Waals surface area contributed by atoms with Crippen molar-refractivity contribution in [1.29, 1.82) is 0 Å². The van der Waals surface area contributed by atoms with Crippen LogP contribution in [-0.2, 0) is 4.74 Å². The molecule has 1 aromatic heterocycles. The summed E-state index contributed by atoms with van der Waals surface area (Å²) in [5.74, 6) is -0.573. The van der Waals surface area contributed by atoms with Crippen LogP contribution in [0.15, 0.2) is 47.6 Å². The van der Waals surface area contributed by atoms with Gasteiger partial charge >= 0.3 is 5.97 Å². The van der Waals surface area contributed by atoms with Crippen molar-refractivity contribution < 1.29 is 14.3 Å². The second kappa shape index (κ2) is 8.13. The van der Waals surface area contributed by atoms with Gasteiger partial charge in [-0.05, 0) is 61.7 Å². The van der Waals surface area contributed by atoms with E-state index in [1.54, 1.807) is 35.0 Å². The minimum Gasteiger partial charge on any atom is -0.465 e. The Labute approximate surface area is 153 Å². The molecule has 5 heteroatoms. The first-order chi connectivity index (χ1) is 12.6. The lowest BCUT2D eigenvalue weighted by Gasteiger charge is -2.18. The molecule has 0 bridgehead atoms. The number of hydrogen-bond acceptors (Lipinski definition) is 4. The van der Waals surface area contributed by atoms with Crippen molar-refractivity contribution in [2.45, 2.75) is 45.1 Å². The van der Waals surface area contributed by atoms with E-state index in [-0.39, 0.29) is 11.9 Å². The van der Waals surface area contributed by atoms with Gasteiger partial charge < -0.3 is 4.74 Å². The summed E-state index contributed by atoms with van der Waals surface area (Å²) in [5, 5.41) is 0. The number of methoxy groups -OCH3 is 1. The molecule has 136 valence electrons. The summed E-state index contributed by atoms with van der Waals surface area (Å²) in [5.41, 5.74) is 2.69. The Morgan fingerprint density at radius 1 is 1.04 bits per heavy atom. The predicted octanol–water partition coefficient (Wildman–Crippen LogP) is 3.51. The first-order valence-electron chi connectivity index (χ1n) is 9.05. The van der Waals surface area contributed by atoms with Gasteiger partial charge in [-0.15, -0.1) is 0 Å². The van der Waals surface area contributed by atoms with Crippen LogP contribution < -0.4 is 5.49 Å². The van der Waals surface area contributed by atoms with Gasteiger partial charge in [0.25, 0.3) is 5.91 Å². The van der Waals surface area contributed by atoms with Crippen LogP contribution in [0.5, 0.6) is 0 Å². The SMILES string of the molecule is COC(=O)c1ccc(C(=O)n2ccc(C)cc2=NC2CCCCC2)cc1. The minimum atomic E-state index is -0.417. The fourth-order valence-electron chi connectivity index (χ4n) is 3.26. The minimum absolute atomic E-state index is 0.157. The fraction of sp³-hybridized carbons (Fsp3) is 0.381. The molecule has 1 saturated carbocycles. The zero-order valence-electron chi connectivity index (χ0n) is 15.3. The molecule has 3 rings (SSSR count). The second-order valence-electron chi connectivity index (χ2n) is 6.73. The van der Waals surface area contributed by atoms with Crippen molar-refractivity contribution in [1.82, 2.24) is 4.57 Å². The molecule has 0 N–H and O–H groups in total. The highest BCUT2D eigenvalue weighted by molar-refractivity contribution is 5.97. The van der Waals surface area contributed by atoms with Crippen molar-refractivity contribution >= 4 is 11.9 Å². The van der Waals surface area contributed by atoms with E-state index in [1.807, 2.05) is 19.1 Å². The number of nitrogens with zero attached hydrogens (tertiary/aromatic N) is 2. The largest absolute Gasteiger partial charge is 0.465 e. The zero-order chi connectivity index (χ0) is 18.5. The summed E-state index contributed by atoms with van der Waals surface area (Å²) in [4.78, 5) is 29.4. The number of carbonyl (C=O) groups is 2. The third-order valence-corrected chi connectivity index (χ3v) is 4.75. The summed E-state index contributed by atoms with van der Waals surface area (Å²) in [6.45, 7) is 2.00. The van der Waals surface area contributed by atoms with Crippen LogP contribution in [0, 0.1) is 6.92 Å². The Morgan fingerprint density at radius 2 is 1.69 bits per heavy atom. The van der Waals surface area contributed by atoms with E-state index in [9.17, 15) is 9.59 Å². The number of aryl methyl sites for hydroxylation is 1. The quantitative estimate of drug-likeness (QED) is 0.794. The first kappa shape index (κ1) is 18.1. The first-order valence-corrected chi connectivity index (χ1v) is 9.05. The maximum atomic E-state index is 13.0. The van der Waals surface area contributed by atoms with Gasteiger partial charge in [0.05, 0.1) is 18.7 Å². The molecule has 0 amide bonds. The molecule has 1 aliphatic rings. The average Bonchev–Trinajstić information content (AvgIpc) is 2.68. The summed E-state index contributed by atoms with van der Waals surface area (Å²) in [6.07, 6.45) is 7.59. The standard InChI is InChI=1S/C21H24N2O3/c1-15-12-13-23(19(14-15)22-18-6-4-3-5-7-18)20(24)16-8-10-17(11-9-16)21(25)26-2/h8-14,18H,3-7H2,1-2H3. The Bertz CT molecular complexity index is 860. The molecular weight excluding hydrogens is 328 g/mol. The van der Waals surface area contributed by atoms with E-state index >= 15 is 0 Å². The molecule has 1 fully saturated rings. The third kappa shape index (κ3) is 4.10. The number of pyridine rings is 1. The lowest BCUT2D eigenvalue weighted by atomic mass is 9.96. The summed E-state index contributed by atoms with van der Waals surface area (Å²) < 4.78 is 6.29. The molecule has 0 saturated heterocycles. The molecule has 0 atom stereocenters. The normalized spacial score (nSPS) is 15.7. The highest BCUT2D eigenvalue weighted by Crippen LogP contribution is 2.19. The van der Waals surface area contributed by atoms with E-state index in [0.717, 1.165) is 18.4 Å². The molecule has 0 spiro atoms. The lowest BCUT2D eigenvalue weighted by Crippen LogP contribution is -2.29. The zero-order valence-corrected chi connectivity index (χ0v) is 15.3. The molecule has 26 heavy (non-hydrogen) atoms. The summed E-state index contributed by atoms with van der Waals surface area (Å²) in [7, 11) is 1.34. The van der Waals surface area contributed by atoms with Crippen molar-refractivity contribution in [3.63, 3.8) is 0 Å². The number of aromatic nitrogens is 1. The van der Waals surface area contributed by atoms with Crippen LogP contribution in [0.2, 0.25) is 0 Å². The maximum absolute atomic E-state index is 13.0. The van der Waals surface area contributed by atoms with Crippen molar-refractivity contribution in [2.75, 3.05) is 7.11 Å². The Balaban J connectivity index is 1.94. The van der Waals surface area contributed by atoms with Crippen LogP contribution in [-0.4, -0.2) is 29.6 Å². The summed E-state index contributed by atoms with van der Waals surface area (Å²) >= 11 is 0.